The number of allylic oxidation sites excluding steroid dienone is 2. The average Bonchev–Trinajstić information content (AvgIpc) is 2.42. The number of alkyl halides is 3. The zero-order valence-electron chi connectivity index (χ0n) is 11.4. The van der Waals surface area contributed by atoms with E-state index in [4.69, 9.17) is 5.73 Å². The predicted molar refractivity (Wildman–Crippen MR) is 73.3 cm³/mol. The molecule has 1 atom stereocenters. The maximum Gasteiger partial charge on any atom is 0.416 e. The third-order valence-corrected chi connectivity index (χ3v) is 3.30. The zero-order valence-corrected chi connectivity index (χ0v) is 11.4. The van der Waals surface area contributed by atoms with Crippen LogP contribution in [0.15, 0.2) is 47.7 Å². The van der Waals surface area contributed by atoms with Crippen LogP contribution in [0.4, 0.5) is 13.2 Å². The normalized spacial score (nSPS) is 18.8. The van der Waals surface area contributed by atoms with Crippen molar-refractivity contribution in [3.8, 4) is 0 Å². The van der Waals surface area contributed by atoms with Gasteiger partial charge in [-0.1, -0.05) is 17.7 Å². The maximum atomic E-state index is 12.6. The Morgan fingerprint density at radius 2 is 2.05 bits per heavy atom. The van der Waals surface area contributed by atoms with Gasteiger partial charge in [0.1, 0.15) is 0 Å². The molecule has 3 N–H and O–H groups in total. The molecule has 1 amide bonds. The smallest absolute Gasteiger partial charge is 0.326 e. The topological polar surface area (TPSA) is 55.1 Å². The van der Waals surface area contributed by atoms with Crippen molar-refractivity contribution >= 4 is 5.91 Å². The SMILES string of the molecule is CC1=CC=C(NC(=O)c2cccc(C(F)(F)F)c2)CC1N. The number of amides is 1. The summed E-state index contributed by atoms with van der Waals surface area (Å²) >= 11 is 0. The molecule has 1 aromatic rings. The second kappa shape index (κ2) is 5.73. The van der Waals surface area contributed by atoms with Crippen LogP contribution in [0.25, 0.3) is 0 Å². The molecule has 6 heteroatoms. The Morgan fingerprint density at radius 3 is 2.67 bits per heavy atom. The molecule has 0 aromatic heterocycles. The third kappa shape index (κ3) is 3.72. The molecule has 1 aliphatic rings. The van der Waals surface area contributed by atoms with Gasteiger partial charge in [-0.25, -0.2) is 0 Å². The molecule has 0 fully saturated rings. The van der Waals surface area contributed by atoms with E-state index >= 15 is 0 Å². The van der Waals surface area contributed by atoms with Crippen LogP contribution in [0.5, 0.6) is 0 Å². The maximum absolute atomic E-state index is 12.6. The standard InChI is InChI=1S/C15H15F3N2O/c1-9-5-6-12(8-13(9)19)20-14(21)10-3-2-4-11(7-10)15(16,17)18/h2-7,13H,8,19H2,1H3,(H,20,21). The van der Waals surface area contributed by atoms with Gasteiger partial charge in [0.05, 0.1) is 5.56 Å². The van der Waals surface area contributed by atoms with Gasteiger partial charge in [-0.2, -0.15) is 13.2 Å². The lowest BCUT2D eigenvalue weighted by molar-refractivity contribution is -0.137. The summed E-state index contributed by atoms with van der Waals surface area (Å²) in [6.07, 6.45) is -0.518. The second-order valence-electron chi connectivity index (χ2n) is 4.95. The lowest BCUT2D eigenvalue weighted by atomic mass is 9.98. The number of carbonyl (C=O) groups excluding carboxylic acids is 1. The average molecular weight is 296 g/mol. The Kier molecular flexibility index (Phi) is 4.18. The van der Waals surface area contributed by atoms with Crippen LogP contribution in [0.1, 0.15) is 29.3 Å². The fraction of sp³-hybridized carbons (Fsp3) is 0.267. The van der Waals surface area contributed by atoms with Crippen molar-refractivity contribution in [1.29, 1.82) is 0 Å². The minimum atomic E-state index is -4.47. The van der Waals surface area contributed by atoms with Gasteiger partial charge in [0.15, 0.2) is 0 Å². The summed E-state index contributed by atoms with van der Waals surface area (Å²) in [4.78, 5) is 12.0. The van der Waals surface area contributed by atoms with E-state index in [2.05, 4.69) is 5.32 Å². The summed E-state index contributed by atoms with van der Waals surface area (Å²) in [5.41, 5.74) is 6.56. The first-order valence-corrected chi connectivity index (χ1v) is 6.39. The fourth-order valence-corrected chi connectivity index (χ4v) is 1.97. The molecule has 112 valence electrons. The lowest BCUT2D eigenvalue weighted by Gasteiger charge is -2.19. The van der Waals surface area contributed by atoms with Crippen molar-refractivity contribution in [2.75, 3.05) is 0 Å². The lowest BCUT2D eigenvalue weighted by Crippen LogP contribution is -2.31. The molecule has 3 nitrogen and oxygen atoms in total. The molecule has 0 radical (unpaired) electrons. The van der Waals surface area contributed by atoms with Crippen molar-refractivity contribution < 1.29 is 18.0 Å². The Balaban J connectivity index is 2.15. The van der Waals surface area contributed by atoms with Crippen LogP contribution in [-0.4, -0.2) is 11.9 Å². The second-order valence-corrected chi connectivity index (χ2v) is 4.95. The molecule has 0 aliphatic heterocycles. The largest absolute Gasteiger partial charge is 0.416 e. The first kappa shape index (κ1) is 15.3. The quantitative estimate of drug-likeness (QED) is 0.881. The number of nitrogens with two attached hydrogens (primary N) is 1. The Bertz CT molecular complexity index is 618. The highest BCUT2D eigenvalue weighted by atomic mass is 19.4. The van der Waals surface area contributed by atoms with E-state index in [1.807, 2.05) is 6.92 Å². The summed E-state index contributed by atoms with van der Waals surface area (Å²) in [5.74, 6) is -0.576. The summed E-state index contributed by atoms with van der Waals surface area (Å²) in [7, 11) is 0. The summed E-state index contributed by atoms with van der Waals surface area (Å²) in [5, 5.41) is 2.60. The molecule has 1 unspecified atom stereocenters. The first-order chi connectivity index (χ1) is 9.77. The zero-order chi connectivity index (χ0) is 15.6. The van der Waals surface area contributed by atoms with Crippen LogP contribution in [0.3, 0.4) is 0 Å². The van der Waals surface area contributed by atoms with Gasteiger partial charge in [0.25, 0.3) is 5.91 Å². The van der Waals surface area contributed by atoms with Gasteiger partial charge in [-0.15, -0.1) is 0 Å². The molecule has 0 saturated heterocycles. The van der Waals surface area contributed by atoms with Gasteiger partial charge in [-0.05, 0) is 31.2 Å². The van der Waals surface area contributed by atoms with Gasteiger partial charge < -0.3 is 11.1 Å². The van der Waals surface area contributed by atoms with Gasteiger partial charge in [0.2, 0.25) is 0 Å². The summed E-state index contributed by atoms with van der Waals surface area (Å²) < 4.78 is 37.9. The van der Waals surface area contributed by atoms with Gasteiger partial charge in [0, 0.05) is 23.7 Å². The van der Waals surface area contributed by atoms with Gasteiger partial charge in [-0.3, -0.25) is 4.79 Å². The molecule has 0 spiro atoms. The molecule has 0 saturated carbocycles. The highest BCUT2D eigenvalue weighted by molar-refractivity contribution is 5.95. The predicted octanol–water partition coefficient (Wildman–Crippen LogP) is 3.00. The number of nitrogens with one attached hydrogen (secondary N) is 1. The fourth-order valence-electron chi connectivity index (χ4n) is 1.97. The highest BCUT2D eigenvalue weighted by Crippen LogP contribution is 2.29. The minimum Gasteiger partial charge on any atom is -0.326 e. The molecule has 21 heavy (non-hydrogen) atoms. The van der Waals surface area contributed by atoms with Crippen molar-refractivity contribution in [2.45, 2.75) is 25.6 Å². The van der Waals surface area contributed by atoms with Gasteiger partial charge >= 0.3 is 6.18 Å². The number of rotatable bonds is 2. The number of halogens is 3. The van der Waals surface area contributed by atoms with Crippen molar-refractivity contribution in [3.05, 3.63) is 58.8 Å². The number of hydrogen-bond acceptors (Lipinski definition) is 2. The molecule has 0 bridgehead atoms. The summed E-state index contributed by atoms with van der Waals surface area (Å²) in [6, 6.07) is 4.13. The van der Waals surface area contributed by atoms with E-state index in [0.717, 1.165) is 17.7 Å². The van der Waals surface area contributed by atoms with Crippen LogP contribution in [0.2, 0.25) is 0 Å². The Morgan fingerprint density at radius 1 is 1.33 bits per heavy atom. The van der Waals surface area contributed by atoms with Crippen LogP contribution >= 0.6 is 0 Å². The molecule has 2 rings (SSSR count). The van der Waals surface area contributed by atoms with Crippen LogP contribution < -0.4 is 11.1 Å². The summed E-state index contributed by atoms with van der Waals surface area (Å²) in [6.45, 7) is 1.88. The monoisotopic (exact) mass is 296 g/mol. The van der Waals surface area contributed by atoms with E-state index in [0.29, 0.717) is 12.1 Å². The Hall–Kier alpha value is -2.08. The minimum absolute atomic E-state index is 0.0365. The molecular weight excluding hydrogens is 281 g/mol. The van der Waals surface area contributed by atoms with Crippen LogP contribution in [0, 0.1) is 0 Å². The number of hydrogen-bond donors (Lipinski definition) is 2. The van der Waals surface area contributed by atoms with E-state index in [9.17, 15) is 18.0 Å². The third-order valence-electron chi connectivity index (χ3n) is 3.30. The van der Waals surface area contributed by atoms with Crippen molar-refractivity contribution in [3.63, 3.8) is 0 Å². The van der Waals surface area contributed by atoms with E-state index < -0.39 is 17.6 Å². The van der Waals surface area contributed by atoms with E-state index in [1.54, 1.807) is 12.2 Å². The molecular formula is C15H15F3N2O. The first-order valence-electron chi connectivity index (χ1n) is 6.39. The van der Waals surface area contributed by atoms with E-state index in [1.165, 1.54) is 12.1 Å². The Labute approximate surface area is 120 Å². The van der Waals surface area contributed by atoms with Crippen molar-refractivity contribution in [2.24, 2.45) is 5.73 Å². The molecule has 1 aromatic carbocycles. The highest BCUT2D eigenvalue weighted by Gasteiger charge is 2.31. The number of carbonyl (C=O) groups is 1. The molecule has 0 heterocycles. The molecule has 1 aliphatic carbocycles. The number of benzene rings is 1. The van der Waals surface area contributed by atoms with Crippen molar-refractivity contribution in [1.82, 2.24) is 5.32 Å². The van der Waals surface area contributed by atoms with Crippen LogP contribution in [-0.2, 0) is 6.18 Å². The van der Waals surface area contributed by atoms with E-state index in [-0.39, 0.29) is 11.6 Å².